The first kappa shape index (κ1) is 11.2. The summed E-state index contributed by atoms with van der Waals surface area (Å²) in [6.07, 6.45) is 7.62. The molecule has 0 unspecified atom stereocenters. The summed E-state index contributed by atoms with van der Waals surface area (Å²) in [6.45, 7) is 8.27. The van der Waals surface area contributed by atoms with Gasteiger partial charge in [-0.1, -0.05) is 31.6 Å². The van der Waals surface area contributed by atoms with E-state index in [0.717, 1.165) is 12.1 Å². The predicted octanol–water partition coefficient (Wildman–Crippen LogP) is 4.30. The Bertz CT molecular complexity index is 358. The lowest BCUT2D eigenvalue weighted by atomic mass is 10.2. The lowest BCUT2D eigenvalue weighted by molar-refractivity contribution is 1.24. The molecule has 0 saturated carbocycles. The zero-order valence-corrected chi connectivity index (χ0v) is 10.1. The number of fused-ring (bicyclic) bond motifs is 1. The maximum Gasteiger partial charge on any atom is 0.0842 e. The summed E-state index contributed by atoms with van der Waals surface area (Å²) in [5.74, 6) is 0. The molecule has 0 amide bonds. The fourth-order valence-electron chi connectivity index (χ4n) is 1.36. The number of hydrogen-bond acceptors (Lipinski definition) is 2. The van der Waals surface area contributed by atoms with Crippen molar-refractivity contribution in [2.24, 2.45) is 0 Å². The van der Waals surface area contributed by atoms with Gasteiger partial charge in [0.05, 0.1) is 5.69 Å². The molecular weight excluding hydrogens is 190 g/mol. The van der Waals surface area contributed by atoms with Crippen molar-refractivity contribution < 1.29 is 0 Å². The summed E-state index contributed by atoms with van der Waals surface area (Å²) >= 11 is 1.59. The van der Waals surface area contributed by atoms with Gasteiger partial charge in [-0.05, 0) is 37.9 Å². The minimum absolute atomic E-state index is 1.06. The molecule has 0 N–H and O–H groups in total. The average Bonchev–Trinajstić information content (AvgIpc) is 2.44. The summed E-state index contributed by atoms with van der Waals surface area (Å²) < 4.78 is 4.38. The highest BCUT2D eigenvalue weighted by Crippen LogP contribution is 2.25. The number of aryl methyl sites for hydroxylation is 1. The third-order valence-corrected chi connectivity index (χ3v) is 2.83. The number of rotatable bonds is 0. The highest BCUT2D eigenvalue weighted by molar-refractivity contribution is 7.06. The van der Waals surface area contributed by atoms with Crippen LogP contribution in [0, 0.1) is 6.92 Å². The minimum Gasteiger partial charge on any atom is -0.192 e. The SMILES string of the molecule is CC.CC1=Cc2nsc(C)c2C=CC1. The van der Waals surface area contributed by atoms with Gasteiger partial charge in [0, 0.05) is 10.4 Å². The summed E-state index contributed by atoms with van der Waals surface area (Å²) in [7, 11) is 0. The zero-order chi connectivity index (χ0) is 10.6. The van der Waals surface area contributed by atoms with Crippen molar-refractivity contribution >= 4 is 23.7 Å². The second-order valence-corrected chi connectivity index (χ2v) is 4.11. The van der Waals surface area contributed by atoms with Gasteiger partial charge < -0.3 is 0 Å². The van der Waals surface area contributed by atoms with Crippen molar-refractivity contribution in [2.45, 2.75) is 34.1 Å². The number of hydrogen-bond donors (Lipinski definition) is 0. The molecule has 1 aliphatic rings. The Morgan fingerprint density at radius 1 is 1.29 bits per heavy atom. The van der Waals surface area contributed by atoms with Gasteiger partial charge in [0.15, 0.2) is 0 Å². The van der Waals surface area contributed by atoms with Crippen molar-refractivity contribution in [3.63, 3.8) is 0 Å². The molecule has 76 valence electrons. The quantitative estimate of drug-likeness (QED) is 0.618. The molecule has 0 radical (unpaired) electrons. The van der Waals surface area contributed by atoms with Crippen LogP contribution in [0.1, 0.15) is 43.3 Å². The van der Waals surface area contributed by atoms with Gasteiger partial charge in [0.1, 0.15) is 0 Å². The Hall–Kier alpha value is -0.890. The van der Waals surface area contributed by atoms with Gasteiger partial charge in [0.25, 0.3) is 0 Å². The minimum atomic E-state index is 1.06. The molecule has 14 heavy (non-hydrogen) atoms. The van der Waals surface area contributed by atoms with Crippen molar-refractivity contribution in [3.8, 4) is 0 Å². The second kappa shape index (κ2) is 5.11. The van der Waals surface area contributed by atoms with Gasteiger partial charge in [-0.2, -0.15) is 4.37 Å². The van der Waals surface area contributed by atoms with Gasteiger partial charge in [0.2, 0.25) is 0 Å². The van der Waals surface area contributed by atoms with Gasteiger partial charge >= 0.3 is 0 Å². The lowest BCUT2D eigenvalue weighted by Gasteiger charge is -1.90. The Labute approximate surface area is 90.3 Å². The van der Waals surface area contributed by atoms with Gasteiger partial charge in [-0.15, -0.1) is 0 Å². The van der Waals surface area contributed by atoms with Crippen LogP contribution in [-0.2, 0) is 0 Å². The van der Waals surface area contributed by atoms with Crippen LogP contribution in [0.2, 0.25) is 0 Å². The van der Waals surface area contributed by atoms with Crippen molar-refractivity contribution in [2.75, 3.05) is 0 Å². The monoisotopic (exact) mass is 207 g/mol. The van der Waals surface area contributed by atoms with E-state index in [-0.39, 0.29) is 0 Å². The van der Waals surface area contributed by atoms with Crippen LogP contribution in [0.5, 0.6) is 0 Å². The average molecular weight is 207 g/mol. The Kier molecular flexibility index (Phi) is 4.08. The third kappa shape index (κ3) is 2.32. The molecule has 1 nitrogen and oxygen atoms in total. The molecule has 1 aromatic rings. The fourth-order valence-corrected chi connectivity index (χ4v) is 2.02. The molecule has 0 atom stereocenters. The van der Waals surface area contributed by atoms with Crippen LogP contribution in [0.3, 0.4) is 0 Å². The molecule has 0 aromatic carbocycles. The topological polar surface area (TPSA) is 12.9 Å². The maximum atomic E-state index is 4.38. The van der Waals surface area contributed by atoms with E-state index in [2.05, 4.69) is 36.4 Å². The molecule has 2 rings (SSSR count). The standard InChI is InChI=1S/C10H11NS.C2H6/c1-7-4-3-5-9-8(2)12-11-10(9)6-7;1-2/h3,5-6H,4H2,1-2H3;1-2H3. The van der Waals surface area contributed by atoms with E-state index in [1.54, 1.807) is 11.5 Å². The Morgan fingerprint density at radius 3 is 2.71 bits per heavy atom. The normalized spacial score (nSPS) is 13.6. The van der Waals surface area contributed by atoms with E-state index < -0.39 is 0 Å². The second-order valence-electron chi connectivity index (χ2n) is 3.13. The maximum absolute atomic E-state index is 4.38. The molecule has 1 heterocycles. The van der Waals surface area contributed by atoms with E-state index in [1.165, 1.54) is 16.0 Å². The van der Waals surface area contributed by atoms with Crippen LogP contribution in [0.25, 0.3) is 12.2 Å². The van der Waals surface area contributed by atoms with E-state index in [4.69, 9.17) is 0 Å². The van der Waals surface area contributed by atoms with Crippen LogP contribution in [-0.4, -0.2) is 4.37 Å². The highest BCUT2D eigenvalue weighted by atomic mass is 32.1. The van der Waals surface area contributed by atoms with Crippen molar-refractivity contribution in [1.29, 1.82) is 0 Å². The molecule has 1 aliphatic carbocycles. The van der Waals surface area contributed by atoms with Crippen LogP contribution < -0.4 is 0 Å². The summed E-state index contributed by atoms with van der Waals surface area (Å²) in [5, 5.41) is 0. The molecule has 0 aliphatic heterocycles. The predicted molar refractivity (Wildman–Crippen MR) is 65.5 cm³/mol. The number of aromatic nitrogens is 1. The highest BCUT2D eigenvalue weighted by Gasteiger charge is 2.07. The van der Waals surface area contributed by atoms with Gasteiger partial charge in [-0.3, -0.25) is 0 Å². The summed E-state index contributed by atoms with van der Waals surface area (Å²) in [4.78, 5) is 1.31. The Morgan fingerprint density at radius 2 is 2.00 bits per heavy atom. The molecular formula is C12H17NS. The smallest absolute Gasteiger partial charge is 0.0842 e. The molecule has 0 fully saturated rings. The van der Waals surface area contributed by atoms with E-state index in [1.807, 2.05) is 13.8 Å². The first-order valence-corrected chi connectivity index (χ1v) is 5.84. The van der Waals surface area contributed by atoms with Crippen molar-refractivity contribution in [1.82, 2.24) is 4.37 Å². The molecule has 0 bridgehead atoms. The zero-order valence-electron chi connectivity index (χ0n) is 9.29. The number of allylic oxidation sites excluding steroid dienone is 2. The lowest BCUT2D eigenvalue weighted by Crippen LogP contribution is -1.76. The number of nitrogens with zero attached hydrogens (tertiary/aromatic N) is 1. The first-order chi connectivity index (χ1) is 6.77. The van der Waals surface area contributed by atoms with Crippen LogP contribution in [0.4, 0.5) is 0 Å². The third-order valence-electron chi connectivity index (χ3n) is 2.04. The summed E-state index contributed by atoms with van der Waals surface area (Å²) in [6, 6.07) is 0. The van der Waals surface area contributed by atoms with Crippen molar-refractivity contribution in [3.05, 3.63) is 27.8 Å². The molecule has 0 saturated heterocycles. The van der Waals surface area contributed by atoms with Crippen LogP contribution >= 0.6 is 11.5 Å². The molecule has 2 heteroatoms. The van der Waals surface area contributed by atoms with Crippen LogP contribution in [0.15, 0.2) is 11.6 Å². The van der Waals surface area contributed by atoms with E-state index in [0.29, 0.717) is 0 Å². The largest absolute Gasteiger partial charge is 0.192 e. The van der Waals surface area contributed by atoms with E-state index in [9.17, 15) is 0 Å². The van der Waals surface area contributed by atoms with E-state index >= 15 is 0 Å². The van der Waals surface area contributed by atoms with Gasteiger partial charge in [-0.25, -0.2) is 0 Å². The molecule has 1 aromatic heterocycles. The molecule has 0 spiro atoms. The summed E-state index contributed by atoms with van der Waals surface area (Å²) in [5.41, 5.74) is 3.83. The Balaban J connectivity index is 0.000000461. The fraction of sp³-hybridized carbons (Fsp3) is 0.417. The first-order valence-electron chi connectivity index (χ1n) is 5.07.